The van der Waals surface area contributed by atoms with Crippen LogP contribution < -0.4 is 5.32 Å². The molecule has 0 radical (unpaired) electrons. The number of hydrogen-bond donors (Lipinski definition) is 2. The molecule has 1 unspecified atom stereocenters. The van der Waals surface area contributed by atoms with Gasteiger partial charge in [0.25, 0.3) is 5.91 Å². The average molecular weight is 573 g/mol. The summed E-state index contributed by atoms with van der Waals surface area (Å²) in [6.07, 6.45) is 3.70. The second-order valence-electron chi connectivity index (χ2n) is 11.4. The number of hydrogen-bond acceptors (Lipinski definition) is 2. The van der Waals surface area contributed by atoms with Crippen LogP contribution in [0, 0.1) is 13.8 Å². The highest BCUT2D eigenvalue weighted by Crippen LogP contribution is 2.30. The number of nitrogens with zero attached hydrogens (tertiary/aromatic N) is 1. The van der Waals surface area contributed by atoms with E-state index < -0.39 is 5.97 Å². The Labute approximate surface area is 254 Å². The minimum Gasteiger partial charge on any atom is -0.478 e. The molecule has 0 fully saturated rings. The summed E-state index contributed by atoms with van der Waals surface area (Å²) in [5.74, 6) is -0.969. The Morgan fingerprint density at radius 3 is 2.23 bits per heavy atom. The first-order valence-corrected chi connectivity index (χ1v) is 15.2. The summed E-state index contributed by atoms with van der Waals surface area (Å²) in [5.41, 5.74) is 9.31. The third kappa shape index (κ3) is 6.41. The molecule has 1 atom stereocenters. The molecule has 2 N–H and O–H groups in total. The van der Waals surface area contributed by atoms with E-state index in [0.717, 1.165) is 75.7 Å². The molecule has 5 heteroatoms. The molecule has 1 amide bonds. The number of aryl methyl sites for hydroxylation is 2. The Balaban J connectivity index is 1.38. The van der Waals surface area contributed by atoms with Gasteiger partial charge in [-0.1, -0.05) is 93.4 Å². The smallest absolute Gasteiger partial charge is 0.336 e. The Morgan fingerprint density at radius 1 is 0.837 bits per heavy atom. The average Bonchev–Trinajstić information content (AvgIpc) is 3.26. The number of fused-ring (bicyclic) bond motifs is 1. The highest BCUT2D eigenvalue weighted by molar-refractivity contribution is 5.99. The zero-order valence-corrected chi connectivity index (χ0v) is 25.5. The van der Waals surface area contributed by atoms with Crippen molar-refractivity contribution < 1.29 is 14.7 Å². The number of rotatable bonds is 11. The van der Waals surface area contributed by atoms with Crippen LogP contribution in [0.3, 0.4) is 0 Å². The summed E-state index contributed by atoms with van der Waals surface area (Å²) in [6, 6.07) is 30.0. The number of carbonyl (C=O) groups excluding carboxylic acids is 1. The molecule has 5 rings (SSSR count). The molecule has 0 spiro atoms. The molecular weight excluding hydrogens is 532 g/mol. The van der Waals surface area contributed by atoms with E-state index in [1.165, 1.54) is 0 Å². The number of carbonyl (C=O) groups is 2. The van der Waals surface area contributed by atoms with Crippen molar-refractivity contribution in [1.82, 2.24) is 9.88 Å². The van der Waals surface area contributed by atoms with E-state index in [2.05, 4.69) is 61.8 Å². The molecular formula is C38H40N2O3. The van der Waals surface area contributed by atoms with E-state index in [1.54, 1.807) is 6.07 Å². The van der Waals surface area contributed by atoms with Crippen molar-refractivity contribution in [3.63, 3.8) is 0 Å². The lowest BCUT2D eigenvalue weighted by Gasteiger charge is -2.19. The highest BCUT2D eigenvalue weighted by atomic mass is 16.4. The fourth-order valence-electron chi connectivity index (χ4n) is 5.97. The number of carboxylic acids is 1. The van der Waals surface area contributed by atoms with Crippen LogP contribution in [0.1, 0.15) is 87.8 Å². The van der Waals surface area contributed by atoms with E-state index in [1.807, 2.05) is 60.7 Å². The van der Waals surface area contributed by atoms with Crippen LogP contribution in [0.2, 0.25) is 0 Å². The van der Waals surface area contributed by atoms with Crippen molar-refractivity contribution in [3.8, 4) is 11.1 Å². The molecule has 0 aliphatic rings. The van der Waals surface area contributed by atoms with Gasteiger partial charge in [-0.3, -0.25) is 4.79 Å². The zero-order valence-electron chi connectivity index (χ0n) is 25.5. The molecule has 43 heavy (non-hydrogen) atoms. The van der Waals surface area contributed by atoms with Crippen LogP contribution >= 0.6 is 0 Å². The van der Waals surface area contributed by atoms with E-state index in [-0.39, 0.29) is 11.9 Å². The van der Waals surface area contributed by atoms with E-state index >= 15 is 0 Å². The molecule has 0 bridgehead atoms. The summed E-state index contributed by atoms with van der Waals surface area (Å²) in [6.45, 7) is 9.13. The van der Waals surface area contributed by atoms with Gasteiger partial charge in [0, 0.05) is 28.7 Å². The van der Waals surface area contributed by atoms with Crippen molar-refractivity contribution in [2.75, 3.05) is 0 Å². The van der Waals surface area contributed by atoms with Crippen LogP contribution in [-0.4, -0.2) is 21.6 Å². The predicted molar refractivity (Wildman–Crippen MR) is 175 cm³/mol. The fourth-order valence-corrected chi connectivity index (χ4v) is 5.97. The first-order valence-electron chi connectivity index (χ1n) is 15.2. The Morgan fingerprint density at radius 2 is 1.56 bits per heavy atom. The predicted octanol–water partition coefficient (Wildman–Crippen LogP) is 8.90. The lowest BCUT2D eigenvalue weighted by Crippen LogP contribution is -2.28. The zero-order chi connectivity index (χ0) is 30.5. The van der Waals surface area contributed by atoms with Crippen LogP contribution in [0.15, 0.2) is 91.0 Å². The minimum absolute atomic E-state index is 0.0225. The standard InChI is InChI=1S/C38H40N2O3/c1-5-10-27-16-20-32(34(22-27)38(42)43)29-17-14-28(15-18-29)24-40-26(4)25(3)33-23-31(19-21-36(33)40)37(41)39-35(11-6-2)30-12-8-7-9-13-30/h7-9,12-23,35H,5-6,10-11,24H2,1-4H3,(H,39,41)(H,42,43). The molecule has 1 heterocycles. The SMILES string of the molecule is CCCc1ccc(-c2ccc(Cn3c(C)c(C)c4cc(C(=O)NC(CCC)c5ccccc5)ccc43)cc2)c(C(=O)O)c1. The molecule has 0 aliphatic carbocycles. The van der Waals surface area contributed by atoms with Crippen LogP contribution in [-0.2, 0) is 13.0 Å². The number of amides is 1. The van der Waals surface area contributed by atoms with Gasteiger partial charge in [0.05, 0.1) is 11.6 Å². The number of aromatic nitrogens is 1. The number of nitrogens with one attached hydrogen (secondary N) is 1. The van der Waals surface area contributed by atoms with Crippen LogP contribution in [0.5, 0.6) is 0 Å². The molecule has 4 aromatic carbocycles. The van der Waals surface area contributed by atoms with Crippen molar-refractivity contribution in [2.24, 2.45) is 0 Å². The largest absolute Gasteiger partial charge is 0.478 e. The van der Waals surface area contributed by atoms with Crippen molar-refractivity contribution in [1.29, 1.82) is 0 Å². The maximum absolute atomic E-state index is 13.4. The summed E-state index contributed by atoms with van der Waals surface area (Å²) in [4.78, 5) is 25.4. The molecule has 0 aliphatic heterocycles. The summed E-state index contributed by atoms with van der Waals surface area (Å²) >= 11 is 0. The third-order valence-corrected chi connectivity index (χ3v) is 8.44. The van der Waals surface area contributed by atoms with E-state index in [0.29, 0.717) is 17.7 Å². The van der Waals surface area contributed by atoms with Gasteiger partial charge in [-0.05, 0) is 84.3 Å². The first-order chi connectivity index (χ1) is 20.8. The summed E-state index contributed by atoms with van der Waals surface area (Å²) in [5, 5.41) is 14.2. The number of carboxylic acid groups (broad SMARTS) is 1. The number of benzene rings is 4. The molecule has 1 aromatic heterocycles. The van der Waals surface area contributed by atoms with Crippen LogP contribution in [0.25, 0.3) is 22.0 Å². The Bertz CT molecular complexity index is 1750. The highest BCUT2D eigenvalue weighted by Gasteiger charge is 2.18. The summed E-state index contributed by atoms with van der Waals surface area (Å²) in [7, 11) is 0. The lowest BCUT2D eigenvalue weighted by molar-refractivity contribution is 0.0697. The maximum Gasteiger partial charge on any atom is 0.336 e. The van der Waals surface area contributed by atoms with Gasteiger partial charge in [-0.2, -0.15) is 0 Å². The van der Waals surface area contributed by atoms with Crippen molar-refractivity contribution >= 4 is 22.8 Å². The van der Waals surface area contributed by atoms with Crippen molar-refractivity contribution in [3.05, 3.63) is 130 Å². The van der Waals surface area contributed by atoms with Gasteiger partial charge in [-0.25, -0.2) is 4.79 Å². The second-order valence-corrected chi connectivity index (χ2v) is 11.4. The van der Waals surface area contributed by atoms with E-state index in [4.69, 9.17) is 0 Å². The molecule has 220 valence electrons. The van der Waals surface area contributed by atoms with Gasteiger partial charge < -0.3 is 15.0 Å². The molecule has 5 aromatic rings. The Hall–Kier alpha value is -4.64. The van der Waals surface area contributed by atoms with Crippen LogP contribution in [0.4, 0.5) is 0 Å². The van der Waals surface area contributed by atoms with Gasteiger partial charge >= 0.3 is 5.97 Å². The van der Waals surface area contributed by atoms with Gasteiger partial charge in [-0.15, -0.1) is 0 Å². The second kappa shape index (κ2) is 13.1. The van der Waals surface area contributed by atoms with Crippen molar-refractivity contribution in [2.45, 2.75) is 66.0 Å². The van der Waals surface area contributed by atoms with Gasteiger partial charge in [0.1, 0.15) is 0 Å². The lowest BCUT2D eigenvalue weighted by atomic mass is 9.95. The quantitative estimate of drug-likeness (QED) is 0.166. The fraction of sp³-hybridized carbons (Fsp3) is 0.263. The van der Waals surface area contributed by atoms with Gasteiger partial charge in [0.15, 0.2) is 0 Å². The third-order valence-electron chi connectivity index (χ3n) is 8.44. The maximum atomic E-state index is 13.4. The minimum atomic E-state index is -0.907. The monoisotopic (exact) mass is 572 g/mol. The summed E-state index contributed by atoms with van der Waals surface area (Å²) < 4.78 is 2.29. The first kappa shape index (κ1) is 29.8. The number of aromatic carboxylic acids is 1. The Kier molecular flexibility index (Phi) is 9.10. The van der Waals surface area contributed by atoms with E-state index in [9.17, 15) is 14.7 Å². The van der Waals surface area contributed by atoms with Gasteiger partial charge in [0.2, 0.25) is 0 Å². The molecule has 5 nitrogen and oxygen atoms in total. The molecule has 0 saturated heterocycles. The molecule has 0 saturated carbocycles. The topological polar surface area (TPSA) is 71.3 Å². The normalized spacial score (nSPS) is 11.9.